The highest BCUT2D eigenvalue weighted by Crippen LogP contribution is 2.28. The minimum atomic E-state index is 0.167. The molecule has 3 rings (SSSR count). The molecule has 0 bridgehead atoms. The van der Waals surface area contributed by atoms with Gasteiger partial charge in [-0.1, -0.05) is 23.7 Å². The summed E-state index contributed by atoms with van der Waals surface area (Å²) in [4.78, 5) is 14.1. The van der Waals surface area contributed by atoms with E-state index in [0.717, 1.165) is 44.0 Å². The number of hydrazine groups is 1. The van der Waals surface area contributed by atoms with E-state index in [1.807, 2.05) is 12.1 Å². The Kier molecular flexibility index (Phi) is 6.11. The number of nitrogens with one attached hydrogen (secondary N) is 3. The van der Waals surface area contributed by atoms with Crippen molar-refractivity contribution in [3.63, 3.8) is 0 Å². The molecule has 2 aliphatic rings. The average Bonchev–Trinajstić information content (AvgIpc) is 3.05. The summed E-state index contributed by atoms with van der Waals surface area (Å²) in [5.41, 5.74) is 7.99. The zero-order chi connectivity index (χ0) is 16.9. The molecule has 1 aromatic carbocycles. The molecular formula is C18H27ClN4O. The molecule has 2 fully saturated rings. The van der Waals surface area contributed by atoms with Gasteiger partial charge in [-0.25, -0.2) is 5.43 Å². The topological polar surface area (TPSA) is 56.4 Å². The highest BCUT2D eigenvalue weighted by molar-refractivity contribution is 6.30. The third kappa shape index (κ3) is 4.48. The molecule has 2 atom stereocenters. The first kappa shape index (κ1) is 17.7. The Morgan fingerprint density at radius 2 is 2.00 bits per heavy atom. The highest BCUT2D eigenvalue weighted by Gasteiger charge is 2.31. The maximum Gasteiger partial charge on any atom is 0.220 e. The third-order valence-corrected chi connectivity index (χ3v) is 5.53. The van der Waals surface area contributed by atoms with Crippen LogP contribution in [0.5, 0.6) is 0 Å². The zero-order valence-corrected chi connectivity index (χ0v) is 15.0. The number of halogens is 1. The Balaban J connectivity index is 1.51. The molecule has 2 saturated heterocycles. The van der Waals surface area contributed by atoms with E-state index < -0.39 is 0 Å². The van der Waals surface area contributed by atoms with Crippen molar-refractivity contribution in [3.05, 3.63) is 34.9 Å². The SMILES string of the molecule is CNC(=O)CC1CCN(CC2CNNC2c2ccc(Cl)cc2)CC1. The first-order valence-electron chi connectivity index (χ1n) is 8.82. The van der Waals surface area contributed by atoms with E-state index in [9.17, 15) is 4.79 Å². The number of rotatable bonds is 5. The molecule has 0 saturated carbocycles. The van der Waals surface area contributed by atoms with Crippen LogP contribution in [0, 0.1) is 11.8 Å². The van der Waals surface area contributed by atoms with Gasteiger partial charge in [0.05, 0.1) is 6.04 Å². The summed E-state index contributed by atoms with van der Waals surface area (Å²) in [6, 6.07) is 8.45. The Bertz CT molecular complexity index is 542. The number of carbonyl (C=O) groups excluding carboxylic acids is 1. The lowest BCUT2D eigenvalue weighted by atomic mass is 9.90. The van der Waals surface area contributed by atoms with Crippen LogP contribution in [0.1, 0.15) is 30.9 Å². The molecule has 2 unspecified atom stereocenters. The number of likely N-dealkylation sites (tertiary alicyclic amines) is 1. The second kappa shape index (κ2) is 8.30. The van der Waals surface area contributed by atoms with Gasteiger partial charge in [0.2, 0.25) is 5.91 Å². The van der Waals surface area contributed by atoms with Crippen LogP contribution in [0.25, 0.3) is 0 Å². The summed E-state index contributed by atoms with van der Waals surface area (Å²) in [6.07, 6.45) is 2.91. The quantitative estimate of drug-likeness (QED) is 0.759. The second-order valence-corrected chi connectivity index (χ2v) is 7.37. The van der Waals surface area contributed by atoms with Crippen molar-refractivity contribution in [3.8, 4) is 0 Å². The predicted molar refractivity (Wildman–Crippen MR) is 96.7 cm³/mol. The fourth-order valence-corrected chi connectivity index (χ4v) is 3.93. The Hall–Kier alpha value is -1.14. The van der Waals surface area contributed by atoms with Crippen molar-refractivity contribution in [2.45, 2.75) is 25.3 Å². The molecule has 132 valence electrons. The van der Waals surface area contributed by atoms with Crippen molar-refractivity contribution < 1.29 is 4.79 Å². The molecule has 0 spiro atoms. The molecule has 5 nitrogen and oxygen atoms in total. The van der Waals surface area contributed by atoms with E-state index in [1.165, 1.54) is 5.56 Å². The van der Waals surface area contributed by atoms with Crippen LogP contribution < -0.4 is 16.2 Å². The molecule has 1 aromatic rings. The van der Waals surface area contributed by atoms with E-state index in [0.29, 0.717) is 24.3 Å². The predicted octanol–water partition coefficient (Wildman–Crippen LogP) is 1.95. The molecule has 24 heavy (non-hydrogen) atoms. The molecule has 0 aromatic heterocycles. The van der Waals surface area contributed by atoms with Gasteiger partial charge in [-0.05, 0) is 49.5 Å². The number of piperidine rings is 1. The molecule has 1 amide bonds. The van der Waals surface area contributed by atoms with Gasteiger partial charge in [-0.15, -0.1) is 0 Å². The third-order valence-electron chi connectivity index (χ3n) is 5.28. The van der Waals surface area contributed by atoms with Gasteiger partial charge >= 0.3 is 0 Å². The highest BCUT2D eigenvalue weighted by atomic mass is 35.5. The number of nitrogens with zero attached hydrogens (tertiary/aromatic N) is 1. The lowest BCUT2D eigenvalue weighted by Gasteiger charge is -2.34. The number of amides is 1. The summed E-state index contributed by atoms with van der Waals surface area (Å²) in [5, 5.41) is 3.51. The lowest BCUT2D eigenvalue weighted by Crippen LogP contribution is -2.39. The Morgan fingerprint density at radius 3 is 2.67 bits per heavy atom. The van der Waals surface area contributed by atoms with Gasteiger partial charge in [0.25, 0.3) is 0 Å². The molecule has 2 heterocycles. The van der Waals surface area contributed by atoms with Crippen LogP contribution in [0.4, 0.5) is 0 Å². The number of benzene rings is 1. The van der Waals surface area contributed by atoms with Crippen LogP contribution >= 0.6 is 11.6 Å². The summed E-state index contributed by atoms with van der Waals surface area (Å²) in [6.45, 7) is 4.24. The standard InChI is InChI=1S/C18H27ClN4O/c1-20-17(24)10-13-6-8-23(9-7-13)12-15-11-21-22-18(15)14-2-4-16(19)5-3-14/h2-5,13,15,18,21-22H,6-12H2,1H3,(H,20,24). The summed E-state index contributed by atoms with van der Waals surface area (Å²) >= 11 is 6.00. The van der Waals surface area contributed by atoms with E-state index in [2.05, 4.69) is 33.2 Å². The van der Waals surface area contributed by atoms with E-state index in [1.54, 1.807) is 7.05 Å². The molecule has 0 aliphatic carbocycles. The second-order valence-electron chi connectivity index (χ2n) is 6.94. The van der Waals surface area contributed by atoms with Gasteiger partial charge in [-0.3, -0.25) is 10.2 Å². The maximum atomic E-state index is 11.5. The normalized spacial score (nSPS) is 25.8. The zero-order valence-electron chi connectivity index (χ0n) is 14.2. The fourth-order valence-electron chi connectivity index (χ4n) is 3.80. The molecular weight excluding hydrogens is 324 g/mol. The number of hydrogen-bond acceptors (Lipinski definition) is 4. The molecule has 3 N–H and O–H groups in total. The lowest BCUT2D eigenvalue weighted by molar-refractivity contribution is -0.121. The molecule has 0 radical (unpaired) electrons. The molecule has 2 aliphatic heterocycles. The Labute approximate surface area is 149 Å². The summed E-state index contributed by atoms with van der Waals surface area (Å²) in [7, 11) is 1.72. The fraction of sp³-hybridized carbons (Fsp3) is 0.611. The van der Waals surface area contributed by atoms with Gasteiger partial charge < -0.3 is 10.2 Å². The van der Waals surface area contributed by atoms with Crippen LogP contribution in [0.15, 0.2) is 24.3 Å². The van der Waals surface area contributed by atoms with E-state index >= 15 is 0 Å². The van der Waals surface area contributed by atoms with Crippen molar-refractivity contribution in [2.75, 3.05) is 33.2 Å². The summed E-state index contributed by atoms with van der Waals surface area (Å²) in [5.74, 6) is 1.25. The maximum absolute atomic E-state index is 11.5. The first-order chi connectivity index (χ1) is 11.7. The van der Waals surface area contributed by atoms with Gasteiger partial charge in [0.15, 0.2) is 0 Å². The summed E-state index contributed by atoms with van der Waals surface area (Å²) < 4.78 is 0. The smallest absolute Gasteiger partial charge is 0.220 e. The Morgan fingerprint density at radius 1 is 1.29 bits per heavy atom. The first-order valence-corrected chi connectivity index (χ1v) is 9.20. The molecule has 6 heteroatoms. The number of carbonyl (C=O) groups is 1. The van der Waals surface area contributed by atoms with Crippen LogP contribution in [0.3, 0.4) is 0 Å². The van der Waals surface area contributed by atoms with Crippen molar-refractivity contribution in [2.24, 2.45) is 11.8 Å². The van der Waals surface area contributed by atoms with Crippen molar-refractivity contribution in [1.29, 1.82) is 0 Å². The van der Waals surface area contributed by atoms with Crippen LogP contribution in [0.2, 0.25) is 5.02 Å². The number of hydrogen-bond donors (Lipinski definition) is 3. The van der Waals surface area contributed by atoms with E-state index in [-0.39, 0.29) is 5.91 Å². The van der Waals surface area contributed by atoms with Crippen molar-refractivity contribution in [1.82, 2.24) is 21.1 Å². The average molecular weight is 351 g/mol. The van der Waals surface area contributed by atoms with Gasteiger partial charge in [0.1, 0.15) is 0 Å². The van der Waals surface area contributed by atoms with E-state index in [4.69, 9.17) is 11.6 Å². The van der Waals surface area contributed by atoms with Crippen LogP contribution in [-0.4, -0.2) is 44.0 Å². The minimum absolute atomic E-state index is 0.167. The van der Waals surface area contributed by atoms with Crippen LogP contribution in [-0.2, 0) is 4.79 Å². The van der Waals surface area contributed by atoms with Crippen molar-refractivity contribution >= 4 is 17.5 Å². The monoisotopic (exact) mass is 350 g/mol. The van der Waals surface area contributed by atoms with Gasteiger partial charge in [-0.2, -0.15) is 0 Å². The van der Waals surface area contributed by atoms with Gasteiger partial charge in [0, 0.05) is 37.5 Å². The minimum Gasteiger partial charge on any atom is -0.359 e. The largest absolute Gasteiger partial charge is 0.359 e.